The van der Waals surface area contributed by atoms with E-state index in [1.165, 1.54) is 23.9 Å². The molecule has 0 saturated carbocycles. The molecule has 1 amide bonds. The lowest BCUT2D eigenvalue weighted by Gasteiger charge is -2.10. The van der Waals surface area contributed by atoms with Crippen molar-refractivity contribution in [1.82, 2.24) is 4.72 Å². The molecular weight excluding hydrogens is 395 g/mol. The van der Waals surface area contributed by atoms with Crippen LogP contribution in [0, 0.1) is 5.82 Å². The summed E-state index contributed by atoms with van der Waals surface area (Å²) < 4.78 is 44.1. The predicted octanol–water partition coefficient (Wildman–Crippen LogP) is 2.01. The van der Waals surface area contributed by atoms with Crippen LogP contribution in [0.1, 0.15) is 0 Å². The van der Waals surface area contributed by atoms with Crippen molar-refractivity contribution in [2.24, 2.45) is 0 Å². The smallest absolute Gasteiger partial charge is 0.321 e. The summed E-state index contributed by atoms with van der Waals surface area (Å²) in [6.45, 7) is -1.31. The molecule has 0 saturated heterocycles. The van der Waals surface area contributed by atoms with Crippen LogP contribution in [-0.2, 0) is 24.3 Å². The van der Waals surface area contributed by atoms with Crippen molar-refractivity contribution in [3.05, 3.63) is 54.3 Å². The zero-order valence-electron chi connectivity index (χ0n) is 14.3. The third kappa shape index (κ3) is 6.05. The number of thioether (sulfide) groups is 1. The average Bonchev–Trinajstić information content (AvgIpc) is 2.65. The lowest BCUT2D eigenvalue weighted by Crippen LogP contribution is -2.32. The highest BCUT2D eigenvalue weighted by molar-refractivity contribution is 7.98. The number of hydrogen-bond acceptors (Lipinski definition) is 6. The SMILES string of the molecule is CSc1ccccc1NC(=O)COC(=O)CNS(=O)(=O)c1ccccc1F. The number of nitrogens with one attached hydrogen (secondary N) is 2. The normalized spacial score (nSPS) is 11.0. The summed E-state index contributed by atoms with van der Waals surface area (Å²) in [5, 5.41) is 2.60. The minimum Gasteiger partial charge on any atom is -0.455 e. The van der Waals surface area contributed by atoms with Crippen LogP contribution >= 0.6 is 11.8 Å². The van der Waals surface area contributed by atoms with Crippen molar-refractivity contribution in [1.29, 1.82) is 0 Å². The predicted molar refractivity (Wildman–Crippen MR) is 99.4 cm³/mol. The molecular formula is C17H17FN2O5S2. The van der Waals surface area contributed by atoms with E-state index in [0.29, 0.717) is 5.69 Å². The highest BCUT2D eigenvalue weighted by Crippen LogP contribution is 2.24. The van der Waals surface area contributed by atoms with E-state index in [1.807, 2.05) is 23.1 Å². The van der Waals surface area contributed by atoms with Gasteiger partial charge in [-0.05, 0) is 30.5 Å². The minimum atomic E-state index is -4.21. The maximum atomic E-state index is 13.5. The van der Waals surface area contributed by atoms with Crippen LogP contribution in [0.5, 0.6) is 0 Å². The van der Waals surface area contributed by atoms with Gasteiger partial charge in [0, 0.05) is 4.90 Å². The van der Waals surface area contributed by atoms with Crippen LogP contribution in [0.15, 0.2) is 58.3 Å². The van der Waals surface area contributed by atoms with Gasteiger partial charge in [0.25, 0.3) is 5.91 Å². The minimum absolute atomic E-state index is 0.568. The second-order valence-electron chi connectivity index (χ2n) is 5.16. The fraction of sp³-hybridized carbons (Fsp3) is 0.176. The van der Waals surface area contributed by atoms with E-state index in [4.69, 9.17) is 4.74 Å². The Labute approximate surface area is 160 Å². The molecule has 0 aliphatic heterocycles. The summed E-state index contributed by atoms with van der Waals surface area (Å²) in [5.74, 6) is -2.48. The van der Waals surface area contributed by atoms with E-state index in [2.05, 4.69) is 5.32 Å². The van der Waals surface area contributed by atoms with Crippen molar-refractivity contribution in [3.8, 4) is 0 Å². The first kappa shape index (κ1) is 20.9. The van der Waals surface area contributed by atoms with Gasteiger partial charge in [-0.1, -0.05) is 24.3 Å². The number of ether oxygens (including phenoxy) is 1. The number of rotatable bonds is 8. The first-order chi connectivity index (χ1) is 12.8. The Morgan fingerprint density at radius 3 is 2.48 bits per heavy atom. The molecule has 10 heteroatoms. The third-order valence-corrected chi connectivity index (χ3v) is 5.51. The summed E-state index contributed by atoms with van der Waals surface area (Å²) in [6.07, 6.45) is 1.85. The number of hydrogen-bond donors (Lipinski definition) is 2. The first-order valence-electron chi connectivity index (χ1n) is 7.66. The lowest BCUT2D eigenvalue weighted by atomic mass is 10.3. The largest absolute Gasteiger partial charge is 0.455 e. The molecule has 0 bridgehead atoms. The number of halogens is 1. The van der Waals surface area contributed by atoms with Gasteiger partial charge in [-0.2, -0.15) is 4.72 Å². The number of anilines is 1. The second-order valence-corrected chi connectivity index (χ2v) is 7.75. The topological polar surface area (TPSA) is 102 Å². The molecule has 0 unspecified atom stereocenters. The van der Waals surface area contributed by atoms with E-state index in [9.17, 15) is 22.4 Å². The van der Waals surface area contributed by atoms with E-state index in [0.717, 1.165) is 17.0 Å². The lowest BCUT2D eigenvalue weighted by molar-refractivity contribution is -0.146. The fourth-order valence-electron chi connectivity index (χ4n) is 2.03. The van der Waals surface area contributed by atoms with Crippen LogP contribution in [0.4, 0.5) is 10.1 Å². The molecule has 0 heterocycles. The quantitative estimate of drug-likeness (QED) is 0.508. The molecule has 27 heavy (non-hydrogen) atoms. The first-order valence-corrected chi connectivity index (χ1v) is 10.4. The molecule has 2 rings (SSSR count). The molecule has 0 radical (unpaired) electrons. The number of para-hydroxylation sites is 1. The number of esters is 1. The van der Waals surface area contributed by atoms with Gasteiger partial charge in [-0.25, -0.2) is 12.8 Å². The number of sulfonamides is 1. The van der Waals surface area contributed by atoms with Crippen molar-refractivity contribution >= 4 is 39.3 Å². The van der Waals surface area contributed by atoms with Gasteiger partial charge in [0.15, 0.2) is 6.61 Å². The molecule has 7 nitrogen and oxygen atoms in total. The number of benzene rings is 2. The van der Waals surface area contributed by atoms with E-state index in [-0.39, 0.29) is 0 Å². The fourth-order valence-corrected chi connectivity index (χ4v) is 3.63. The van der Waals surface area contributed by atoms with Gasteiger partial charge in [0.2, 0.25) is 10.0 Å². The van der Waals surface area contributed by atoms with E-state index >= 15 is 0 Å². The summed E-state index contributed by atoms with van der Waals surface area (Å²) in [7, 11) is -4.21. The average molecular weight is 412 g/mol. The van der Waals surface area contributed by atoms with E-state index < -0.39 is 45.8 Å². The van der Waals surface area contributed by atoms with Crippen LogP contribution in [0.3, 0.4) is 0 Å². The van der Waals surface area contributed by atoms with Crippen molar-refractivity contribution in [2.75, 3.05) is 24.7 Å². The number of carbonyl (C=O) groups excluding carboxylic acids is 2. The zero-order valence-corrected chi connectivity index (χ0v) is 15.9. The van der Waals surface area contributed by atoms with Gasteiger partial charge in [-0.15, -0.1) is 11.8 Å². The van der Waals surface area contributed by atoms with Gasteiger partial charge >= 0.3 is 5.97 Å². The maximum Gasteiger partial charge on any atom is 0.321 e. The van der Waals surface area contributed by atoms with Gasteiger partial charge in [-0.3, -0.25) is 9.59 Å². The van der Waals surface area contributed by atoms with Crippen LogP contribution in [0.25, 0.3) is 0 Å². The highest BCUT2D eigenvalue weighted by atomic mass is 32.2. The molecule has 2 N–H and O–H groups in total. The molecule has 0 spiro atoms. The highest BCUT2D eigenvalue weighted by Gasteiger charge is 2.20. The monoisotopic (exact) mass is 412 g/mol. The van der Waals surface area contributed by atoms with Crippen molar-refractivity contribution in [2.45, 2.75) is 9.79 Å². The Morgan fingerprint density at radius 2 is 1.78 bits per heavy atom. The van der Waals surface area contributed by atoms with Crippen LogP contribution < -0.4 is 10.0 Å². The van der Waals surface area contributed by atoms with Crippen molar-refractivity contribution < 1.29 is 27.1 Å². The van der Waals surface area contributed by atoms with Gasteiger partial charge < -0.3 is 10.1 Å². The Hall–Kier alpha value is -2.43. The maximum absolute atomic E-state index is 13.5. The molecule has 2 aromatic rings. The number of carbonyl (C=O) groups is 2. The van der Waals surface area contributed by atoms with Gasteiger partial charge in [0.05, 0.1) is 5.69 Å². The molecule has 0 aliphatic carbocycles. The summed E-state index contributed by atoms with van der Waals surface area (Å²) in [4.78, 5) is 23.8. The van der Waals surface area contributed by atoms with Crippen LogP contribution in [-0.4, -0.2) is 39.7 Å². The molecule has 144 valence electrons. The summed E-state index contributed by atoms with van der Waals surface area (Å²) in [6, 6.07) is 11.9. The molecule has 0 aromatic heterocycles. The standard InChI is InChI=1S/C17H17FN2O5S2/c1-26-14-8-4-3-7-13(14)20-16(21)11-25-17(22)10-19-27(23,24)15-9-5-2-6-12(15)18/h2-9,19H,10-11H2,1H3,(H,20,21). The Kier molecular flexibility index (Phi) is 7.34. The number of amides is 1. The van der Waals surface area contributed by atoms with Gasteiger partial charge in [0.1, 0.15) is 17.3 Å². The molecule has 0 fully saturated rings. The molecule has 2 aromatic carbocycles. The Morgan fingerprint density at radius 1 is 1.11 bits per heavy atom. The Bertz CT molecular complexity index is 934. The second kappa shape index (κ2) is 9.49. The van der Waals surface area contributed by atoms with E-state index in [1.54, 1.807) is 12.1 Å². The third-order valence-electron chi connectivity index (χ3n) is 3.28. The molecule has 0 aliphatic rings. The van der Waals surface area contributed by atoms with Crippen molar-refractivity contribution in [3.63, 3.8) is 0 Å². The Balaban J connectivity index is 1.84. The summed E-state index contributed by atoms with van der Waals surface area (Å²) in [5.41, 5.74) is 0.575. The summed E-state index contributed by atoms with van der Waals surface area (Å²) >= 11 is 1.44. The zero-order chi connectivity index (χ0) is 19.9. The van der Waals surface area contributed by atoms with Crippen LogP contribution in [0.2, 0.25) is 0 Å². The molecule has 0 atom stereocenters.